The van der Waals surface area contributed by atoms with Gasteiger partial charge in [0, 0.05) is 0 Å². The fraction of sp³-hybridized carbons (Fsp3) is 0. The summed E-state index contributed by atoms with van der Waals surface area (Å²) in [5.41, 5.74) is 2.29. The van der Waals surface area contributed by atoms with Crippen LogP contribution in [0.25, 0.3) is 11.1 Å². The largest absolute Gasteiger partial charge is 0.508 e. The number of benzene rings is 2. The van der Waals surface area contributed by atoms with Crippen molar-refractivity contribution in [3.05, 3.63) is 54.6 Å². The molecule has 2 aromatic rings. The van der Waals surface area contributed by atoms with Gasteiger partial charge in [0.1, 0.15) is 5.75 Å². The highest BCUT2D eigenvalue weighted by Gasteiger charge is 1.94. The van der Waals surface area contributed by atoms with Crippen molar-refractivity contribution in [2.24, 2.45) is 0 Å². The van der Waals surface area contributed by atoms with Crippen LogP contribution < -0.4 is 0 Å². The lowest BCUT2D eigenvalue weighted by Crippen LogP contribution is -1.74. The highest BCUT2D eigenvalue weighted by molar-refractivity contribution is 5.63. The van der Waals surface area contributed by atoms with Crippen molar-refractivity contribution in [2.45, 2.75) is 0 Å². The minimum Gasteiger partial charge on any atom is -0.508 e. The van der Waals surface area contributed by atoms with E-state index in [-0.39, 0.29) is 0 Å². The normalized spacial score (nSPS) is 9.12. The molecule has 0 saturated carbocycles. The Labute approximate surface area is 92.8 Å². The van der Waals surface area contributed by atoms with Crippen LogP contribution in [0.4, 0.5) is 0 Å². The Morgan fingerprint density at radius 3 is 1.62 bits per heavy atom. The summed E-state index contributed by atoms with van der Waals surface area (Å²) in [5.74, 6) is 0.305. The molecule has 0 aliphatic heterocycles. The molecular formula is C12H12O4. The van der Waals surface area contributed by atoms with Gasteiger partial charge in [0.05, 0.1) is 0 Å². The Morgan fingerprint density at radius 2 is 1.12 bits per heavy atom. The summed E-state index contributed by atoms with van der Waals surface area (Å²) in [7, 11) is 0. The van der Waals surface area contributed by atoms with Gasteiger partial charge in [0.25, 0.3) is 0 Å². The zero-order chi connectivity index (χ0) is 11.8. The maximum atomic E-state index is 9.10. The zero-order valence-electron chi connectivity index (χ0n) is 8.45. The van der Waals surface area contributed by atoms with E-state index in [1.165, 1.54) is 5.56 Å². The first-order valence-electron chi connectivity index (χ1n) is 4.57. The summed E-state index contributed by atoms with van der Waals surface area (Å²) < 4.78 is 0. The smallest absolute Gasteiger partial charge is 0.115 e. The number of hydrogen-bond acceptors (Lipinski definition) is 4. The third-order valence-electron chi connectivity index (χ3n) is 1.97. The topological polar surface area (TPSA) is 69.9 Å². The molecule has 84 valence electrons. The molecular weight excluding hydrogens is 208 g/mol. The van der Waals surface area contributed by atoms with E-state index in [9.17, 15) is 0 Å². The number of phenolic OH excluding ortho intramolecular Hbond substituents is 1. The summed E-state index contributed by atoms with van der Waals surface area (Å²) in [6, 6.07) is 17.3. The molecule has 4 nitrogen and oxygen atoms in total. The number of rotatable bonds is 1. The van der Waals surface area contributed by atoms with Gasteiger partial charge in [0.2, 0.25) is 0 Å². The van der Waals surface area contributed by atoms with Gasteiger partial charge >= 0.3 is 0 Å². The molecule has 2 aromatic carbocycles. The van der Waals surface area contributed by atoms with Crippen LogP contribution in [0.15, 0.2) is 54.6 Å². The van der Waals surface area contributed by atoms with Crippen LogP contribution in [0.2, 0.25) is 0 Å². The maximum absolute atomic E-state index is 9.10. The highest BCUT2D eigenvalue weighted by atomic mass is 17.4. The quantitative estimate of drug-likeness (QED) is 0.510. The lowest BCUT2D eigenvalue weighted by molar-refractivity contribution is -0.465. The highest BCUT2D eigenvalue weighted by Crippen LogP contribution is 2.20. The van der Waals surface area contributed by atoms with Crippen molar-refractivity contribution in [3.63, 3.8) is 0 Å². The second kappa shape index (κ2) is 6.58. The molecule has 0 atom stereocenters. The van der Waals surface area contributed by atoms with Crippen LogP contribution in [-0.2, 0) is 5.04 Å². The van der Waals surface area contributed by atoms with Crippen LogP contribution in [-0.4, -0.2) is 15.6 Å². The Bertz CT molecular complexity index is 397. The van der Waals surface area contributed by atoms with Gasteiger partial charge in [0.15, 0.2) is 0 Å². The van der Waals surface area contributed by atoms with Gasteiger partial charge in [-0.05, 0) is 23.3 Å². The van der Waals surface area contributed by atoms with Crippen LogP contribution in [0.3, 0.4) is 0 Å². The molecule has 16 heavy (non-hydrogen) atoms. The monoisotopic (exact) mass is 220 g/mol. The van der Waals surface area contributed by atoms with Crippen LogP contribution in [0, 0.1) is 0 Å². The standard InChI is InChI=1S/C12H10O.H2O3/c13-12-8-6-11(7-9-12)10-4-2-1-3-5-10;1-3-2/h1-9,13H;1-2H. The second-order valence-corrected chi connectivity index (χ2v) is 2.99. The molecule has 0 spiro atoms. The van der Waals surface area contributed by atoms with Crippen LogP contribution >= 0.6 is 0 Å². The molecule has 0 aliphatic carbocycles. The summed E-state index contributed by atoms with van der Waals surface area (Å²) in [5, 5.41) is 24.6. The van der Waals surface area contributed by atoms with E-state index in [0.29, 0.717) is 5.75 Å². The summed E-state index contributed by atoms with van der Waals surface area (Å²) in [6.07, 6.45) is 0. The Hall–Kier alpha value is -1.88. The van der Waals surface area contributed by atoms with Crippen molar-refractivity contribution in [1.82, 2.24) is 0 Å². The summed E-state index contributed by atoms with van der Waals surface area (Å²) >= 11 is 0. The SMILES string of the molecule is OOO.Oc1ccc(-c2ccccc2)cc1. The van der Waals surface area contributed by atoms with Crippen molar-refractivity contribution in [3.8, 4) is 16.9 Å². The van der Waals surface area contributed by atoms with Gasteiger partial charge in [-0.2, -0.15) is 0 Å². The van der Waals surface area contributed by atoms with E-state index >= 15 is 0 Å². The molecule has 3 N–H and O–H groups in total. The fourth-order valence-electron chi connectivity index (χ4n) is 1.28. The Kier molecular flexibility index (Phi) is 5.01. The van der Waals surface area contributed by atoms with E-state index in [1.807, 2.05) is 42.5 Å². The van der Waals surface area contributed by atoms with Crippen molar-refractivity contribution in [2.75, 3.05) is 0 Å². The van der Waals surface area contributed by atoms with E-state index in [4.69, 9.17) is 15.6 Å². The average molecular weight is 220 g/mol. The average Bonchev–Trinajstić information content (AvgIpc) is 2.32. The van der Waals surface area contributed by atoms with Gasteiger partial charge in [-0.3, -0.25) is 0 Å². The molecule has 2 rings (SSSR count). The molecule has 0 aliphatic rings. The number of phenols is 1. The number of aromatic hydroxyl groups is 1. The minimum atomic E-state index is 0.305. The first-order valence-corrected chi connectivity index (χ1v) is 4.57. The van der Waals surface area contributed by atoms with Crippen molar-refractivity contribution < 1.29 is 20.7 Å². The lowest BCUT2D eigenvalue weighted by Gasteiger charge is -2.00. The van der Waals surface area contributed by atoms with Crippen LogP contribution in [0.1, 0.15) is 0 Å². The third-order valence-corrected chi connectivity index (χ3v) is 1.97. The predicted octanol–water partition coefficient (Wildman–Crippen LogP) is 3.01. The summed E-state index contributed by atoms with van der Waals surface area (Å²) in [4.78, 5) is 0. The molecule has 0 aromatic heterocycles. The van der Waals surface area contributed by atoms with Crippen LogP contribution in [0.5, 0.6) is 5.75 Å². The van der Waals surface area contributed by atoms with E-state index in [0.717, 1.165) is 5.56 Å². The maximum Gasteiger partial charge on any atom is 0.115 e. The minimum absolute atomic E-state index is 0.305. The molecule has 0 amide bonds. The van der Waals surface area contributed by atoms with Gasteiger partial charge in [-0.1, -0.05) is 47.5 Å². The van der Waals surface area contributed by atoms with Gasteiger partial charge < -0.3 is 5.11 Å². The lowest BCUT2D eigenvalue weighted by atomic mass is 10.1. The van der Waals surface area contributed by atoms with E-state index in [1.54, 1.807) is 12.1 Å². The molecule has 0 fully saturated rings. The number of hydrogen-bond donors (Lipinski definition) is 3. The first kappa shape index (κ1) is 12.2. The van der Waals surface area contributed by atoms with Gasteiger partial charge in [-0.25, -0.2) is 10.5 Å². The fourth-order valence-corrected chi connectivity index (χ4v) is 1.28. The first-order chi connectivity index (χ1) is 7.77. The molecule has 0 unspecified atom stereocenters. The van der Waals surface area contributed by atoms with Crippen molar-refractivity contribution >= 4 is 0 Å². The van der Waals surface area contributed by atoms with Crippen molar-refractivity contribution in [1.29, 1.82) is 0 Å². The Balaban J connectivity index is 0.000000386. The van der Waals surface area contributed by atoms with E-state index in [2.05, 4.69) is 5.04 Å². The predicted molar refractivity (Wildman–Crippen MR) is 59.9 cm³/mol. The molecule has 4 heteroatoms. The zero-order valence-corrected chi connectivity index (χ0v) is 8.45. The second-order valence-electron chi connectivity index (χ2n) is 2.99. The van der Waals surface area contributed by atoms with E-state index < -0.39 is 0 Å². The molecule has 0 heterocycles. The Morgan fingerprint density at radius 1 is 0.688 bits per heavy atom. The molecule has 0 saturated heterocycles. The summed E-state index contributed by atoms with van der Waals surface area (Å²) in [6.45, 7) is 0. The molecule has 0 radical (unpaired) electrons. The van der Waals surface area contributed by atoms with Gasteiger partial charge in [-0.15, -0.1) is 0 Å². The third kappa shape index (κ3) is 3.70. The molecule has 0 bridgehead atoms.